The third-order valence-electron chi connectivity index (χ3n) is 3.04. The number of nitrogens with one attached hydrogen (secondary N) is 1. The first kappa shape index (κ1) is 11.3. The lowest BCUT2D eigenvalue weighted by Gasteiger charge is -2.20. The van der Waals surface area contributed by atoms with Crippen molar-refractivity contribution < 1.29 is 18.0 Å². The van der Waals surface area contributed by atoms with Crippen LogP contribution in [0, 0.1) is 11.8 Å². The highest BCUT2D eigenvalue weighted by Gasteiger charge is 2.41. The molecule has 0 aliphatic heterocycles. The van der Waals surface area contributed by atoms with Crippen LogP contribution in [-0.4, -0.2) is 18.1 Å². The first-order valence-electron chi connectivity index (χ1n) is 4.70. The minimum atomic E-state index is -4.76. The molecule has 0 aromatic carbocycles. The van der Waals surface area contributed by atoms with Crippen LogP contribution in [0.2, 0.25) is 0 Å². The van der Waals surface area contributed by atoms with Crippen molar-refractivity contribution in [3.63, 3.8) is 0 Å². The maximum Gasteiger partial charge on any atom is 0.471 e. The summed E-state index contributed by atoms with van der Waals surface area (Å²) in [6.45, 7) is 3.86. The van der Waals surface area contributed by atoms with E-state index < -0.39 is 12.1 Å². The highest BCUT2D eigenvalue weighted by Crippen LogP contribution is 2.31. The number of rotatable bonds is 1. The molecule has 3 atom stereocenters. The molecule has 0 aromatic rings. The van der Waals surface area contributed by atoms with Gasteiger partial charge in [0.1, 0.15) is 0 Å². The number of amides is 1. The third kappa shape index (κ3) is 2.39. The predicted molar refractivity (Wildman–Crippen MR) is 45.5 cm³/mol. The third-order valence-corrected chi connectivity index (χ3v) is 3.04. The topological polar surface area (TPSA) is 29.1 Å². The molecule has 1 aliphatic rings. The highest BCUT2D eigenvalue weighted by molar-refractivity contribution is 5.82. The standard InChI is InChI=1S/C9H14F3NO/c1-5-3-4-7(6(5)2)13-8(14)9(10,11)12/h5-7H,3-4H2,1-2H3,(H,13,14). The van der Waals surface area contributed by atoms with Gasteiger partial charge in [-0.25, -0.2) is 0 Å². The van der Waals surface area contributed by atoms with E-state index in [0.717, 1.165) is 6.42 Å². The van der Waals surface area contributed by atoms with Crippen molar-refractivity contribution >= 4 is 5.91 Å². The smallest absolute Gasteiger partial charge is 0.345 e. The molecule has 1 aliphatic carbocycles. The van der Waals surface area contributed by atoms with E-state index in [0.29, 0.717) is 12.3 Å². The van der Waals surface area contributed by atoms with Crippen LogP contribution in [0.15, 0.2) is 0 Å². The van der Waals surface area contributed by atoms with Gasteiger partial charge in [-0.3, -0.25) is 4.79 Å². The van der Waals surface area contributed by atoms with E-state index in [1.165, 1.54) is 0 Å². The van der Waals surface area contributed by atoms with E-state index in [1.807, 2.05) is 19.2 Å². The molecule has 0 spiro atoms. The summed E-state index contributed by atoms with van der Waals surface area (Å²) in [7, 11) is 0. The molecule has 0 aromatic heterocycles. The summed E-state index contributed by atoms with van der Waals surface area (Å²) >= 11 is 0. The molecular formula is C9H14F3NO. The van der Waals surface area contributed by atoms with E-state index in [-0.39, 0.29) is 12.0 Å². The molecule has 14 heavy (non-hydrogen) atoms. The molecule has 0 saturated heterocycles. The number of carbonyl (C=O) groups excluding carboxylic acids is 1. The fourth-order valence-electron chi connectivity index (χ4n) is 1.82. The minimum Gasteiger partial charge on any atom is -0.345 e. The first-order chi connectivity index (χ1) is 6.32. The molecular weight excluding hydrogens is 195 g/mol. The summed E-state index contributed by atoms with van der Waals surface area (Å²) < 4.78 is 35.7. The van der Waals surface area contributed by atoms with Crippen LogP contribution in [0.1, 0.15) is 26.7 Å². The Kier molecular flexibility index (Phi) is 3.07. The summed E-state index contributed by atoms with van der Waals surface area (Å²) in [6.07, 6.45) is -3.24. The summed E-state index contributed by atoms with van der Waals surface area (Å²) in [5, 5.41) is 2.04. The number of carbonyl (C=O) groups is 1. The second kappa shape index (κ2) is 3.79. The van der Waals surface area contributed by atoms with Gasteiger partial charge in [-0.15, -0.1) is 0 Å². The second-order valence-electron chi connectivity index (χ2n) is 3.99. The molecule has 2 nitrogen and oxygen atoms in total. The Balaban J connectivity index is 2.50. The summed E-state index contributed by atoms with van der Waals surface area (Å²) in [5.74, 6) is -1.31. The minimum absolute atomic E-state index is 0.126. The van der Waals surface area contributed by atoms with Crippen LogP contribution in [0.4, 0.5) is 13.2 Å². The maximum atomic E-state index is 11.9. The van der Waals surface area contributed by atoms with Gasteiger partial charge in [0.05, 0.1) is 0 Å². The second-order valence-corrected chi connectivity index (χ2v) is 3.99. The Morgan fingerprint density at radius 3 is 2.21 bits per heavy atom. The van der Waals surface area contributed by atoms with Crippen molar-refractivity contribution in [1.29, 1.82) is 0 Å². The zero-order valence-electron chi connectivity index (χ0n) is 8.19. The lowest BCUT2D eigenvalue weighted by Crippen LogP contribution is -2.44. The van der Waals surface area contributed by atoms with Crippen molar-refractivity contribution in [2.75, 3.05) is 0 Å². The number of halogens is 3. The molecule has 82 valence electrons. The lowest BCUT2D eigenvalue weighted by molar-refractivity contribution is -0.174. The molecule has 1 saturated carbocycles. The van der Waals surface area contributed by atoms with Crippen molar-refractivity contribution in [2.24, 2.45) is 11.8 Å². The van der Waals surface area contributed by atoms with Crippen molar-refractivity contribution in [3.05, 3.63) is 0 Å². The van der Waals surface area contributed by atoms with E-state index >= 15 is 0 Å². The average Bonchev–Trinajstić information content (AvgIpc) is 2.34. The lowest BCUT2D eigenvalue weighted by atomic mass is 9.98. The van der Waals surface area contributed by atoms with E-state index in [1.54, 1.807) is 0 Å². The van der Waals surface area contributed by atoms with Gasteiger partial charge in [-0.2, -0.15) is 13.2 Å². The normalized spacial score (nSPS) is 33.1. The summed E-state index contributed by atoms with van der Waals surface area (Å²) in [6, 6.07) is -0.320. The Morgan fingerprint density at radius 2 is 1.86 bits per heavy atom. The van der Waals surface area contributed by atoms with Gasteiger partial charge in [0.2, 0.25) is 0 Å². The average molecular weight is 209 g/mol. The van der Waals surface area contributed by atoms with Crippen LogP contribution < -0.4 is 5.32 Å². The quantitative estimate of drug-likeness (QED) is 0.704. The maximum absolute atomic E-state index is 11.9. The molecule has 3 unspecified atom stereocenters. The first-order valence-corrected chi connectivity index (χ1v) is 4.70. The van der Waals surface area contributed by atoms with Gasteiger partial charge in [0.25, 0.3) is 0 Å². The largest absolute Gasteiger partial charge is 0.471 e. The van der Waals surface area contributed by atoms with Crippen LogP contribution in [-0.2, 0) is 4.79 Å². The zero-order chi connectivity index (χ0) is 10.9. The molecule has 1 rings (SSSR count). The van der Waals surface area contributed by atoms with Crippen LogP contribution in [0.3, 0.4) is 0 Å². The molecule has 1 N–H and O–H groups in total. The van der Waals surface area contributed by atoms with Gasteiger partial charge in [-0.05, 0) is 24.7 Å². The summed E-state index contributed by atoms with van der Waals surface area (Å²) in [5.41, 5.74) is 0. The van der Waals surface area contributed by atoms with Crippen molar-refractivity contribution in [2.45, 2.75) is 38.9 Å². The van der Waals surface area contributed by atoms with Gasteiger partial charge in [-0.1, -0.05) is 13.8 Å². The molecule has 5 heteroatoms. The SMILES string of the molecule is CC1CCC(NC(=O)C(F)(F)F)C1C. The molecule has 1 fully saturated rings. The number of hydrogen-bond acceptors (Lipinski definition) is 1. The Bertz CT molecular complexity index is 227. The van der Waals surface area contributed by atoms with Gasteiger partial charge >= 0.3 is 12.1 Å². The predicted octanol–water partition coefficient (Wildman–Crippen LogP) is 2.10. The fourth-order valence-corrected chi connectivity index (χ4v) is 1.82. The van der Waals surface area contributed by atoms with Crippen LogP contribution >= 0.6 is 0 Å². The number of hydrogen-bond donors (Lipinski definition) is 1. The molecule has 0 bridgehead atoms. The number of alkyl halides is 3. The Hall–Kier alpha value is -0.740. The van der Waals surface area contributed by atoms with Crippen molar-refractivity contribution in [3.8, 4) is 0 Å². The van der Waals surface area contributed by atoms with Gasteiger partial charge in [0.15, 0.2) is 0 Å². The van der Waals surface area contributed by atoms with E-state index in [9.17, 15) is 18.0 Å². The van der Waals surface area contributed by atoms with E-state index in [4.69, 9.17) is 0 Å². The monoisotopic (exact) mass is 209 g/mol. The Morgan fingerprint density at radius 1 is 1.29 bits per heavy atom. The fraction of sp³-hybridized carbons (Fsp3) is 0.889. The van der Waals surface area contributed by atoms with Gasteiger partial charge in [0, 0.05) is 6.04 Å². The summed E-state index contributed by atoms with van der Waals surface area (Å²) in [4.78, 5) is 10.6. The molecule has 0 heterocycles. The van der Waals surface area contributed by atoms with Crippen molar-refractivity contribution in [1.82, 2.24) is 5.32 Å². The molecule has 0 radical (unpaired) electrons. The van der Waals surface area contributed by atoms with E-state index in [2.05, 4.69) is 0 Å². The van der Waals surface area contributed by atoms with Gasteiger partial charge < -0.3 is 5.32 Å². The highest BCUT2D eigenvalue weighted by atomic mass is 19.4. The van der Waals surface area contributed by atoms with Crippen LogP contribution in [0.5, 0.6) is 0 Å². The zero-order valence-corrected chi connectivity index (χ0v) is 8.19. The Labute approximate surface area is 80.9 Å². The molecule has 1 amide bonds. The van der Waals surface area contributed by atoms with Crippen LogP contribution in [0.25, 0.3) is 0 Å².